The number of carbonyl (C=O) groups is 1. The number of rotatable bonds is 4. The molecule has 2 aromatic carbocycles. The third-order valence-electron chi connectivity index (χ3n) is 3.28. The van der Waals surface area contributed by atoms with Gasteiger partial charge in [0, 0.05) is 0 Å². The van der Waals surface area contributed by atoms with E-state index in [0.29, 0.717) is 10.1 Å². The number of hydrogen-bond donors (Lipinski definition) is 0. The lowest BCUT2D eigenvalue weighted by molar-refractivity contribution is 0.0387. The largest absolute Gasteiger partial charge is 0.454 e. The molecule has 0 radical (unpaired) electrons. The second-order valence-corrected chi connectivity index (χ2v) is 4.75. The minimum Gasteiger partial charge on any atom is -0.454 e. The maximum absolute atomic E-state index is 13.2. The zero-order chi connectivity index (χ0) is 16.4. The van der Waals surface area contributed by atoms with Crippen LogP contribution in [-0.2, 0) is 11.3 Å². The Morgan fingerprint density at radius 1 is 1.13 bits per heavy atom. The fraction of sp³-hybridized carbons (Fsp3) is 0.125. The van der Waals surface area contributed by atoms with Crippen molar-refractivity contribution in [2.45, 2.75) is 13.2 Å². The van der Waals surface area contributed by atoms with E-state index in [1.807, 2.05) is 0 Å². The van der Waals surface area contributed by atoms with E-state index >= 15 is 0 Å². The molecule has 0 aliphatic rings. The second kappa shape index (κ2) is 6.12. The summed E-state index contributed by atoms with van der Waals surface area (Å²) in [5.74, 6) is -1.28. The van der Waals surface area contributed by atoms with Crippen molar-refractivity contribution in [2.75, 3.05) is 0 Å². The van der Waals surface area contributed by atoms with E-state index in [0.717, 1.165) is 12.1 Å². The Balaban J connectivity index is 1.83. The molecule has 0 aliphatic heterocycles. The summed E-state index contributed by atoms with van der Waals surface area (Å²) in [5, 5.41) is 0. The molecule has 0 aliphatic carbocycles. The van der Waals surface area contributed by atoms with E-state index < -0.39 is 24.9 Å². The van der Waals surface area contributed by atoms with E-state index in [1.165, 1.54) is 18.2 Å². The average molecular weight is 320 g/mol. The summed E-state index contributed by atoms with van der Waals surface area (Å²) < 4.78 is 45.0. The van der Waals surface area contributed by atoms with Crippen LogP contribution >= 0.6 is 0 Å². The molecule has 0 amide bonds. The minimum absolute atomic E-state index is 0.0586. The Kier molecular flexibility index (Phi) is 4.01. The summed E-state index contributed by atoms with van der Waals surface area (Å²) in [6.45, 7) is -3.21. The smallest absolute Gasteiger partial charge is 0.338 e. The van der Waals surface area contributed by atoms with Crippen LogP contribution in [0.25, 0.3) is 11.0 Å². The normalized spacial score (nSPS) is 11.1. The summed E-state index contributed by atoms with van der Waals surface area (Å²) in [6, 6.07) is 11.2. The fourth-order valence-corrected chi connectivity index (χ4v) is 2.21. The predicted molar refractivity (Wildman–Crippen MR) is 76.5 cm³/mol. The first-order chi connectivity index (χ1) is 11.1. The highest BCUT2D eigenvalue weighted by Crippen LogP contribution is 2.23. The lowest BCUT2D eigenvalue weighted by Crippen LogP contribution is -2.10. The van der Waals surface area contributed by atoms with Gasteiger partial charge in [-0.25, -0.2) is 14.2 Å². The van der Waals surface area contributed by atoms with Gasteiger partial charge in [0.2, 0.25) is 0 Å². The quantitative estimate of drug-likeness (QED) is 0.684. The number of esters is 1. The molecule has 3 aromatic rings. The molecule has 0 bridgehead atoms. The van der Waals surface area contributed by atoms with E-state index in [9.17, 15) is 18.0 Å². The van der Waals surface area contributed by atoms with Crippen LogP contribution in [0.5, 0.6) is 0 Å². The number of halogens is 3. The number of hydrogen-bond acceptors (Lipinski definition) is 3. The van der Waals surface area contributed by atoms with Gasteiger partial charge in [-0.15, -0.1) is 0 Å². The van der Waals surface area contributed by atoms with E-state index in [2.05, 4.69) is 4.98 Å². The Morgan fingerprint density at radius 3 is 2.52 bits per heavy atom. The molecule has 4 nitrogen and oxygen atoms in total. The minimum atomic E-state index is -2.80. The van der Waals surface area contributed by atoms with Crippen molar-refractivity contribution < 1.29 is 22.7 Å². The van der Waals surface area contributed by atoms with Crippen LogP contribution < -0.4 is 0 Å². The maximum atomic E-state index is 13.2. The Morgan fingerprint density at radius 2 is 1.83 bits per heavy atom. The van der Waals surface area contributed by atoms with Crippen LogP contribution in [0.1, 0.15) is 22.7 Å². The number of para-hydroxylation sites is 2. The first-order valence-corrected chi connectivity index (χ1v) is 6.73. The van der Waals surface area contributed by atoms with Gasteiger partial charge in [0.15, 0.2) is 5.82 Å². The van der Waals surface area contributed by atoms with Crippen LogP contribution in [0.15, 0.2) is 48.5 Å². The highest BCUT2D eigenvalue weighted by molar-refractivity contribution is 5.89. The van der Waals surface area contributed by atoms with Gasteiger partial charge in [-0.3, -0.25) is 4.57 Å². The first-order valence-electron chi connectivity index (χ1n) is 6.73. The van der Waals surface area contributed by atoms with Gasteiger partial charge in [0.25, 0.3) is 0 Å². The molecule has 0 atom stereocenters. The molecule has 118 valence electrons. The molecule has 0 unspecified atom stereocenters. The van der Waals surface area contributed by atoms with Crippen molar-refractivity contribution in [3.63, 3.8) is 0 Å². The fourth-order valence-electron chi connectivity index (χ4n) is 2.21. The van der Waals surface area contributed by atoms with E-state index in [4.69, 9.17) is 4.74 Å². The number of ether oxygens (including phenoxy) is 1. The number of fused-ring (bicyclic) bond motifs is 1. The molecular weight excluding hydrogens is 309 g/mol. The zero-order valence-corrected chi connectivity index (χ0v) is 11.7. The van der Waals surface area contributed by atoms with Crippen molar-refractivity contribution in [3.05, 3.63) is 65.7 Å². The molecule has 0 fully saturated rings. The summed E-state index contributed by atoms with van der Waals surface area (Å²) in [5.41, 5.74) is 0.780. The highest BCUT2D eigenvalue weighted by atomic mass is 19.3. The molecule has 3 rings (SSSR count). The molecule has 1 aromatic heterocycles. The van der Waals surface area contributed by atoms with Gasteiger partial charge in [-0.1, -0.05) is 12.1 Å². The molecule has 0 saturated heterocycles. The van der Waals surface area contributed by atoms with Crippen LogP contribution in [0.2, 0.25) is 0 Å². The number of imidazole rings is 1. The van der Waals surface area contributed by atoms with Crippen molar-refractivity contribution in [3.8, 4) is 0 Å². The summed E-state index contributed by atoms with van der Waals surface area (Å²) in [4.78, 5) is 15.9. The maximum Gasteiger partial charge on any atom is 0.338 e. The topological polar surface area (TPSA) is 44.1 Å². The van der Waals surface area contributed by atoms with Gasteiger partial charge < -0.3 is 4.74 Å². The van der Waals surface area contributed by atoms with E-state index in [1.54, 1.807) is 18.2 Å². The molecule has 0 saturated carbocycles. The average Bonchev–Trinajstić information content (AvgIpc) is 2.91. The SMILES string of the molecule is O=C(OCc1nc2ccccc2n1C(F)F)c1ccc(F)cc1. The van der Waals surface area contributed by atoms with Crippen LogP contribution in [0.3, 0.4) is 0 Å². The van der Waals surface area contributed by atoms with E-state index in [-0.39, 0.29) is 16.9 Å². The second-order valence-electron chi connectivity index (χ2n) is 4.75. The zero-order valence-electron chi connectivity index (χ0n) is 11.7. The van der Waals surface area contributed by atoms with Crippen LogP contribution in [0.4, 0.5) is 13.2 Å². The lowest BCUT2D eigenvalue weighted by atomic mass is 10.2. The number of alkyl halides is 2. The number of carbonyl (C=O) groups excluding carboxylic acids is 1. The summed E-state index contributed by atoms with van der Waals surface area (Å²) in [7, 11) is 0. The van der Waals surface area contributed by atoms with Crippen molar-refractivity contribution >= 4 is 17.0 Å². The standard InChI is InChI=1S/C16H11F3N2O2/c17-11-7-5-10(6-8-11)15(22)23-9-14-20-12-3-1-2-4-13(12)21(14)16(18)19/h1-8,16H,9H2. The van der Waals surface area contributed by atoms with Crippen molar-refractivity contribution in [2.24, 2.45) is 0 Å². The third kappa shape index (κ3) is 3.03. The lowest BCUT2D eigenvalue weighted by Gasteiger charge is -2.08. The van der Waals surface area contributed by atoms with Gasteiger partial charge in [-0.05, 0) is 36.4 Å². The molecule has 1 heterocycles. The van der Waals surface area contributed by atoms with Crippen molar-refractivity contribution in [1.82, 2.24) is 9.55 Å². The number of benzene rings is 2. The van der Waals surface area contributed by atoms with Gasteiger partial charge in [-0.2, -0.15) is 8.78 Å². The summed E-state index contributed by atoms with van der Waals surface area (Å²) >= 11 is 0. The monoisotopic (exact) mass is 320 g/mol. The van der Waals surface area contributed by atoms with Crippen molar-refractivity contribution in [1.29, 1.82) is 0 Å². The predicted octanol–water partition coefficient (Wildman–Crippen LogP) is 3.93. The Bertz CT molecular complexity index is 844. The Hall–Kier alpha value is -2.83. The highest BCUT2D eigenvalue weighted by Gasteiger charge is 2.19. The van der Waals surface area contributed by atoms with Gasteiger partial charge in [0.05, 0.1) is 16.6 Å². The molecule has 0 spiro atoms. The molecule has 7 heteroatoms. The van der Waals surface area contributed by atoms with Crippen LogP contribution in [-0.4, -0.2) is 15.5 Å². The first kappa shape index (κ1) is 15.1. The molecule has 0 N–H and O–H groups in total. The number of nitrogens with zero attached hydrogens (tertiary/aromatic N) is 2. The summed E-state index contributed by atoms with van der Waals surface area (Å²) in [6.07, 6.45) is 0. The van der Waals surface area contributed by atoms with Crippen LogP contribution in [0, 0.1) is 5.82 Å². The van der Waals surface area contributed by atoms with Gasteiger partial charge >= 0.3 is 12.5 Å². The molecular formula is C16H11F3N2O2. The molecule has 23 heavy (non-hydrogen) atoms. The Labute approximate surface area is 129 Å². The third-order valence-corrected chi connectivity index (χ3v) is 3.28. The number of aromatic nitrogens is 2. The van der Waals surface area contributed by atoms with Gasteiger partial charge in [0.1, 0.15) is 12.4 Å².